The van der Waals surface area contributed by atoms with Gasteiger partial charge >= 0.3 is 6.09 Å². The van der Waals surface area contributed by atoms with Gasteiger partial charge in [0.25, 0.3) is 0 Å². The molecular formula is C19H36N2O2. The second kappa shape index (κ2) is 8.91. The molecule has 2 aliphatic rings. The van der Waals surface area contributed by atoms with Crippen LogP contribution in [0.15, 0.2) is 0 Å². The van der Waals surface area contributed by atoms with Crippen molar-refractivity contribution >= 4 is 6.09 Å². The summed E-state index contributed by atoms with van der Waals surface area (Å²) in [6.45, 7) is 8.58. The number of rotatable bonds is 3. The molecule has 0 spiro atoms. The highest BCUT2D eigenvalue weighted by Gasteiger charge is 2.27. The topological polar surface area (TPSA) is 41.6 Å². The molecule has 1 amide bonds. The minimum atomic E-state index is -0.395. The summed E-state index contributed by atoms with van der Waals surface area (Å²) in [7, 11) is 0. The number of hydrogen-bond acceptors (Lipinski definition) is 3. The van der Waals surface area contributed by atoms with Gasteiger partial charge in [0.15, 0.2) is 0 Å². The van der Waals surface area contributed by atoms with E-state index in [-0.39, 0.29) is 6.09 Å². The van der Waals surface area contributed by atoms with Gasteiger partial charge in [-0.15, -0.1) is 0 Å². The fourth-order valence-electron chi connectivity index (χ4n) is 3.64. The van der Waals surface area contributed by atoms with Crippen molar-refractivity contribution in [2.75, 3.05) is 19.6 Å². The third-order valence-electron chi connectivity index (χ3n) is 5.07. The lowest BCUT2D eigenvalue weighted by atomic mass is 9.94. The number of likely N-dealkylation sites (tertiary alicyclic amines) is 1. The minimum Gasteiger partial charge on any atom is -0.444 e. The normalized spacial score (nSPS) is 22.5. The summed E-state index contributed by atoms with van der Waals surface area (Å²) < 4.78 is 5.46. The highest BCUT2D eigenvalue weighted by atomic mass is 16.6. The first-order valence-corrected chi connectivity index (χ1v) is 9.65. The SMILES string of the molecule is CC(C)(C)OC(=O)N1CCC(CNC2CCCCCCC2)CC1. The predicted molar refractivity (Wildman–Crippen MR) is 94.6 cm³/mol. The first-order chi connectivity index (χ1) is 10.9. The number of carbonyl (C=O) groups is 1. The molecule has 0 aromatic carbocycles. The number of ether oxygens (including phenoxy) is 1. The largest absolute Gasteiger partial charge is 0.444 e. The van der Waals surface area contributed by atoms with Crippen LogP contribution in [0, 0.1) is 5.92 Å². The van der Waals surface area contributed by atoms with Crippen molar-refractivity contribution in [1.29, 1.82) is 0 Å². The van der Waals surface area contributed by atoms with Gasteiger partial charge in [0, 0.05) is 19.1 Å². The summed E-state index contributed by atoms with van der Waals surface area (Å²) in [6, 6.07) is 0.721. The van der Waals surface area contributed by atoms with Crippen LogP contribution >= 0.6 is 0 Å². The molecule has 0 atom stereocenters. The van der Waals surface area contributed by atoms with Crippen LogP contribution < -0.4 is 5.32 Å². The molecule has 23 heavy (non-hydrogen) atoms. The maximum atomic E-state index is 12.1. The van der Waals surface area contributed by atoms with E-state index in [0.717, 1.165) is 38.5 Å². The van der Waals surface area contributed by atoms with Crippen molar-refractivity contribution in [1.82, 2.24) is 10.2 Å². The zero-order valence-electron chi connectivity index (χ0n) is 15.4. The van der Waals surface area contributed by atoms with Gasteiger partial charge < -0.3 is 15.0 Å². The van der Waals surface area contributed by atoms with Gasteiger partial charge in [-0.1, -0.05) is 32.1 Å². The van der Waals surface area contributed by atoms with Crippen molar-refractivity contribution in [3.63, 3.8) is 0 Å². The molecule has 1 saturated heterocycles. The van der Waals surface area contributed by atoms with Crippen molar-refractivity contribution in [3.8, 4) is 0 Å². The Hall–Kier alpha value is -0.770. The summed E-state index contributed by atoms with van der Waals surface area (Å²) in [4.78, 5) is 14.0. The Kier molecular flexibility index (Phi) is 7.19. The van der Waals surface area contributed by atoms with E-state index in [1.54, 1.807) is 0 Å². The van der Waals surface area contributed by atoms with Gasteiger partial charge in [0.1, 0.15) is 5.60 Å². The van der Waals surface area contributed by atoms with Crippen LogP contribution in [-0.4, -0.2) is 42.3 Å². The molecule has 2 fully saturated rings. The number of amides is 1. The molecule has 2 rings (SSSR count). The second-order valence-corrected chi connectivity index (χ2v) is 8.36. The van der Waals surface area contributed by atoms with E-state index in [1.165, 1.54) is 44.9 Å². The molecule has 1 heterocycles. The van der Waals surface area contributed by atoms with Crippen LogP contribution in [0.3, 0.4) is 0 Å². The van der Waals surface area contributed by atoms with Gasteiger partial charge in [0.05, 0.1) is 0 Å². The fourth-order valence-corrected chi connectivity index (χ4v) is 3.64. The number of nitrogens with zero attached hydrogens (tertiary/aromatic N) is 1. The van der Waals surface area contributed by atoms with Gasteiger partial charge in [-0.05, 0) is 58.9 Å². The Morgan fingerprint density at radius 2 is 1.57 bits per heavy atom. The standard InChI is InChI=1S/C19H36N2O2/c1-19(2,3)23-18(22)21-13-11-16(12-14-21)15-20-17-9-7-5-4-6-8-10-17/h16-17,20H,4-15H2,1-3H3. The lowest BCUT2D eigenvalue weighted by Crippen LogP contribution is -2.44. The van der Waals surface area contributed by atoms with Crippen LogP contribution in [0.2, 0.25) is 0 Å². The highest BCUT2D eigenvalue weighted by molar-refractivity contribution is 5.68. The quantitative estimate of drug-likeness (QED) is 0.840. The van der Waals surface area contributed by atoms with Gasteiger partial charge in [-0.25, -0.2) is 4.79 Å². The molecule has 1 saturated carbocycles. The monoisotopic (exact) mass is 324 g/mol. The molecule has 0 aromatic heterocycles. The molecular weight excluding hydrogens is 288 g/mol. The summed E-state index contributed by atoms with van der Waals surface area (Å²) >= 11 is 0. The van der Waals surface area contributed by atoms with E-state index in [0.29, 0.717) is 5.92 Å². The maximum Gasteiger partial charge on any atom is 0.410 e. The van der Waals surface area contributed by atoms with Crippen molar-refractivity contribution in [3.05, 3.63) is 0 Å². The molecule has 1 aliphatic heterocycles. The first-order valence-electron chi connectivity index (χ1n) is 9.65. The van der Waals surface area contributed by atoms with E-state index >= 15 is 0 Å². The third-order valence-corrected chi connectivity index (χ3v) is 5.07. The average molecular weight is 325 g/mol. The van der Waals surface area contributed by atoms with Crippen molar-refractivity contribution in [2.45, 2.75) is 90.2 Å². The molecule has 134 valence electrons. The Bertz CT molecular complexity index is 349. The van der Waals surface area contributed by atoms with Crippen molar-refractivity contribution in [2.24, 2.45) is 5.92 Å². The van der Waals surface area contributed by atoms with Crippen molar-refractivity contribution < 1.29 is 9.53 Å². The minimum absolute atomic E-state index is 0.149. The van der Waals surface area contributed by atoms with E-state index in [9.17, 15) is 4.79 Å². The summed E-state index contributed by atoms with van der Waals surface area (Å²) in [5.41, 5.74) is -0.395. The van der Waals surface area contributed by atoms with Gasteiger partial charge in [0.2, 0.25) is 0 Å². The van der Waals surface area contributed by atoms with Gasteiger partial charge in [-0.3, -0.25) is 0 Å². The maximum absolute atomic E-state index is 12.1. The Morgan fingerprint density at radius 3 is 2.13 bits per heavy atom. The third kappa shape index (κ3) is 7.11. The molecule has 4 nitrogen and oxygen atoms in total. The lowest BCUT2D eigenvalue weighted by Gasteiger charge is -2.34. The van der Waals surface area contributed by atoms with Gasteiger partial charge in [-0.2, -0.15) is 0 Å². The van der Waals surface area contributed by atoms with E-state index in [1.807, 2.05) is 25.7 Å². The highest BCUT2D eigenvalue weighted by Crippen LogP contribution is 2.21. The zero-order chi connectivity index (χ0) is 16.7. The molecule has 0 radical (unpaired) electrons. The number of carbonyl (C=O) groups excluding carboxylic acids is 1. The number of piperidine rings is 1. The van der Waals surface area contributed by atoms with Crippen LogP contribution in [0.1, 0.15) is 78.6 Å². The smallest absolute Gasteiger partial charge is 0.410 e. The van der Waals surface area contributed by atoms with E-state index < -0.39 is 5.60 Å². The van der Waals surface area contributed by atoms with Crippen LogP contribution in [0.4, 0.5) is 4.79 Å². The van der Waals surface area contributed by atoms with Crippen LogP contribution in [-0.2, 0) is 4.74 Å². The summed E-state index contributed by atoms with van der Waals surface area (Å²) in [6.07, 6.45) is 11.7. The molecule has 1 aliphatic carbocycles. The van der Waals surface area contributed by atoms with Crippen LogP contribution in [0.25, 0.3) is 0 Å². The molecule has 0 bridgehead atoms. The first kappa shape index (κ1) is 18.6. The number of hydrogen-bond donors (Lipinski definition) is 1. The molecule has 0 aromatic rings. The number of nitrogens with one attached hydrogen (secondary N) is 1. The predicted octanol–water partition coefficient (Wildman–Crippen LogP) is 4.34. The summed E-state index contributed by atoms with van der Waals surface area (Å²) in [5.74, 6) is 0.708. The summed E-state index contributed by atoms with van der Waals surface area (Å²) in [5, 5.41) is 3.81. The molecule has 1 N–H and O–H groups in total. The molecule has 0 unspecified atom stereocenters. The fraction of sp³-hybridized carbons (Fsp3) is 0.947. The Balaban J connectivity index is 1.65. The Morgan fingerprint density at radius 1 is 1.00 bits per heavy atom. The average Bonchev–Trinajstić information content (AvgIpc) is 2.45. The molecule has 4 heteroatoms. The second-order valence-electron chi connectivity index (χ2n) is 8.36. The Labute approximate surface area is 142 Å². The van der Waals surface area contributed by atoms with E-state index in [2.05, 4.69) is 5.32 Å². The zero-order valence-corrected chi connectivity index (χ0v) is 15.4. The van der Waals surface area contributed by atoms with E-state index in [4.69, 9.17) is 4.74 Å². The lowest BCUT2D eigenvalue weighted by molar-refractivity contribution is 0.0183. The van der Waals surface area contributed by atoms with Crippen LogP contribution in [0.5, 0.6) is 0 Å².